The van der Waals surface area contributed by atoms with E-state index in [4.69, 9.17) is 9.84 Å². The van der Waals surface area contributed by atoms with Crippen LogP contribution in [0, 0.1) is 0 Å². The van der Waals surface area contributed by atoms with Gasteiger partial charge in [0.2, 0.25) is 0 Å². The minimum atomic E-state index is 0.212. The van der Waals surface area contributed by atoms with E-state index in [0.29, 0.717) is 5.92 Å². The molecule has 0 atom stereocenters. The topological polar surface area (TPSA) is 39.1 Å². The van der Waals surface area contributed by atoms with Crippen LogP contribution < -0.4 is 10.1 Å². The Morgan fingerprint density at radius 2 is 1.92 bits per heavy atom. The molecule has 4 heteroatoms. The third-order valence-corrected chi connectivity index (χ3v) is 4.60. The fraction of sp³-hybridized carbons (Fsp3) is 0.550. The zero-order valence-electron chi connectivity index (χ0n) is 15.1. The van der Waals surface area contributed by atoms with Crippen LogP contribution in [-0.4, -0.2) is 29.0 Å². The largest absolute Gasteiger partial charge is 0.491 e. The molecular formula is C20H29N3O. The highest BCUT2D eigenvalue weighted by Gasteiger charge is 2.20. The molecule has 0 unspecified atom stereocenters. The number of hydrogen-bond donors (Lipinski definition) is 1. The van der Waals surface area contributed by atoms with Crippen molar-refractivity contribution in [3.63, 3.8) is 0 Å². The Balaban J connectivity index is 1.71. The maximum atomic E-state index is 5.71. The number of hydrogen-bond acceptors (Lipinski definition) is 3. The number of benzene rings is 1. The Labute approximate surface area is 145 Å². The fourth-order valence-electron chi connectivity index (χ4n) is 3.44. The lowest BCUT2D eigenvalue weighted by Crippen LogP contribution is -2.27. The van der Waals surface area contributed by atoms with Crippen molar-refractivity contribution in [2.24, 2.45) is 0 Å². The second-order valence-electron chi connectivity index (χ2n) is 6.89. The van der Waals surface area contributed by atoms with Crippen molar-refractivity contribution in [3.05, 3.63) is 47.3 Å². The van der Waals surface area contributed by atoms with Gasteiger partial charge in [0, 0.05) is 24.6 Å². The lowest BCUT2D eigenvalue weighted by molar-refractivity contribution is 0.242. The molecule has 2 heterocycles. The molecule has 130 valence electrons. The Hall–Kier alpha value is -1.81. The van der Waals surface area contributed by atoms with Gasteiger partial charge in [0.25, 0.3) is 0 Å². The molecule has 1 aliphatic heterocycles. The summed E-state index contributed by atoms with van der Waals surface area (Å²) in [6.07, 6.45) is 3.52. The second-order valence-corrected chi connectivity index (χ2v) is 6.89. The molecule has 3 rings (SSSR count). The quantitative estimate of drug-likeness (QED) is 0.878. The van der Waals surface area contributed by atoms with Crippen LogP contribution in [0.3, 0.4) is 0 Å². The van der Waals surface area contributed by atoms with Crippen LogP contribution in [0.1, 0.15) is 56.5 Å². The Morgan fingerprint density at radius 3 is 2.54 bits per heavy atom. The van der Waals surface area contributed by atoms with Crippen LogP contribution in [0.2, 0.25) is 0 Å². The van der Waals surface area contributed by atoms with Gasteiger partial charge in [-0.2, -0.15) is 5.10 Å². The molecular weight excluding hydrogens is 298 g/mol. The summed E-state index contributed by atoms with van der Waals surface area (Å²) in [7, 11) is 0. The van der Waals surface area contributed by atoms with E-state index in [1.54, 1.807) is 0 Å². The first-order valence-electron chi connectivity index (χ1n) is 9.18. The molecule has 0 amide bonds. The number of aromatic nitrogens is 2. The SMILES string of the molecule is CCn1nc(Cc2ccc(OC(C)C)cc2)cc1C1CCNCC1. The zero-order chi connectivity index (χ0) is 16.9. The number of ether oxygens (including phenoxy) is 1. The predicted octanol–water partition coefficient (Wildman–Crippen LogP) is 3.75. The maximum Gasteiger partial charge on any atom is 0.119 e. The molecule has 1 N–H and O–H groups in total. The fourth-order valence-corrected chi connectivity index (χ4v) is 3.44. The summed E-state index contributed by atoms with van der Waals surface area (Å²) in [5.74, 6) is 1.58. The van der Waals surface area contributed by atoms with Crippen LogP contribution in [-0.2, 0) is 13.0 Å². The Kier molecular flexibility index (Phi) is 5.56. The minimum absolute atomic E-state index is 0.212. The van der Waals surface area contributed by atoms with E-state index in [1.165, 1.54) is 29.8 Å². The van der Waals surface area contributed by atoms with Crippen molar-refractivity contribution in [1.82, 2.24) is 15.1 Å². The molecule has 0 aliphatic carbocycles. The first-order chi connectivity index (χ1) is 11.7. The predicted molar refractivity (Wildman–Crippen MR) is 97.8 cm³/mol. The molecule has 1 aliphatic rings. The van der Waals surface area contributed by atoms with Crippen molar-refractivity contribution in [2.45, 2.75) is 58.6 Å². The molecule has 1 aromatic heterocycles. The van der Waals surface area contributed by atoms with Crippen molar-refractivity contribution < 1.29 is 4.74 Å². The van der Waals surface area contributed by atoms with Crippen molar-refractivity contribution in [3.8, 4) is 5.75 Å². The molecule has 0 bridgehead atoms. The van der Waals surface area contributed by atoms with Crippen LogP contribution in [0.15, 0.2) is 30.3 Å². The van der Waals surface area contributed by atoms with Gasteiger partial charge in [-0.3, -0.25) is 4.68 Å². The van der Waals surface area contributed by atoms with E-state index >= 15 is 0 Å². The van der Waals surface area contributed by atoms with E-state index < -0.39 is 0 Å². The number of rotatable bonds is 6. The van der Waals surface area contributed by atoms with E-state index in [1.807, 2.05) is 13.8 Å². The van der Waals surface area contributed by atoms with Crippen molar-refractivity contribution in [1.29, 1.82) is 0 Å². The summed E-state index contributed by atoms with van der Waals surface area (Å²) in [4.78, 5) is 0. The summed E-state index contributed by atoms with van der Waals surface area (Å²) in [6.45, 7) is 9.46. The normalized spacial score (nSPS) is 15.8. The smallest absolute Gasteiger partial charge is 0.119 e. The van der Waals surface area contributed by atoms with Gasteiger partial charge in [0.1, 0.15) is 5.75 Å². The van der Waals surface area contributed by atoms with E-state index in [9.17, 15) is 0 Å². The summed E-state index contributed by atoms with van der Waals surface area (Å²) in [6, 6.07) is 10.7. The highest BCUT2D eigenvalue weighted by molar-refractivity contribution is 5.30. The van der Waals surface area contributed by atoms with E-state index in [2.05, 4.69) is 47.3 Å². The molecule has 1 saturated heterocycles. The summed E-state index contributed by atoms with van der Waals surface area (Å²) < 4.78 is 7.91. The Bertz CT molecular complexity index is 639. The van der Waals surface area contributed by atoms with Crippen molar-refractivity contribution >= 4 is 0 Å². The monoisotopic (exact) mass is 327 g/mol. The van der Waals surface area contributed by atoms with Crippen LogP contribution in [0.5, 0.6) is 5.75 Å². The zero-order valence-corrected chi connectivity index (χ0v) is 15.1. The molecule has 0 spiro atoms. The lowest BCUT2D eigenvalue weighted by atomic mass is 9.94. The van der Waals surface area contributed by atoms with Gasteiger partial charge in [-0.15, -0.1) is 0 Å². The summed E-state index contributed by atoms with van der Waals surface area (Å²) in [5, 5.41) is 8.28. The third kappa shape index (κ3) is 4.18. The van der Waals surface area contributed by atoms with E-state index in [0.717, 1.165) is 31.8 Å². The van der Waals surface area contributed by atoms with Gasteiger partial charge in [-0.1, -0.05) is 12.1 Å². The summed E-state index contributed by atoms with van der Waals surface area (Å²) >= 11 is 0. The molecule has 0 radical (unpaired) electrons. The lowest BCUT2D eigenvalue weighted by Gasteiger charge is -2.23. The van der Waals surface area contributed by atoms with Crippen LogP contribution in [0.4, 0.5) is 0 Å². The molecule has 4 nitrogen and oxygen atoms in total. The standard InChI is InChI=1S/C20H29N3O/c1-4-23-20(17-9-11-21-12-10-17)14-18(22-23)13-16-5-7-19(8-6-16)24-15(2)3/h5-8,14-15,17,21H,4,9-13H2,1-3H3. The van der Waals surface area contributed by atoms with Gasteiger partial charge < -0.3 is 10.1 Å². The first-order valence-corrected chi connectivity index (χ1v) is 9.18. The average molecular weight is 327 g/mol. The third-order valence-electron chi connectivity index (χ3n) is 4.60. The molecule has 1 fully saturated rings. The van der Waals surface area contributed by atoms with Crippen molar-refractivity contribution in [2.75, 3.05) is 13.1 Å². The Morgan fingerprint density at radius 1 is 1.21 bits per heavy atom. The van der Waals surface area contributed by atoms with Gasteiger partial charge in [0.05, 0.1) is 11.8 Å². The first kappa shape index (κ1) is 17.0. The van der Waals surface area contributed by atoms with Crippen LogP contribution >= 0.6 is 0 Å². The number of nitrogens with zero attached hydrogens (tertiary/aromatic N) is 2. The van der Waals surface area contributed by atoms with Gasteiger partial charge in [0.15, 0.2) is 0 Å². The number of nitrogens with one attached hydrogen (secondary N) is 1. The number of aryl methyl sites for hydroxylation is 1. The van der Waals surface area contributed by atoms with E-state index in [-0.39, 0.29) is 6.10 Å². The molecule has 24 heavy (non-hydrogen) atoms. The highest BCUT2D eigenvalue weighted by atomic mass is 16.5. The average Bonchev–Trinajstić information content (AvgIpc) is 3.00. The number of piperidine rings is 1. The van der Waals surface area contributed by atoms with Gasteiger partial charge in [-0.05, 0) is 70.5 Å². The molecule has 0 saturated carbocycles. The van der Waals surface area contributed by atoms with Crippen LogP contribution in [0.25, 0.3) is 0 Å². The molecule has 2 aromatic rings. The second kappa shape index (κ2) is 7.84. The minimum Gasteiger partial charge on any atom is -0.491 e. The maximum absolute atomic E-state index is 5.71. The highest BCUT2D eigenvalue weighted by Crippen LogP contribution is 2.27. The molecule has 1 aromatic carbocycles. The van der Waals surface area contributed by atoms with Gasteiger partial charge in [-0.25, -0.2) is 0 Å². The summed E-state index contributed by atoms with van der Waals surface area (Å²) in [5.41, 5.74) is 3.86. The van der Waals surface area contributed by atoms with Gasteiger partial charge >= 0.3 is 0 Å².